The van der Waals surface area contributed by atoms with Crippen LogP contribution in [0.3, 0.4) is 0 Å². The van der Waals surface area contributed by atoms with Gasteiger partial charge in [0.15, 0.2) is 0 Å². The number of hydrogen-bond acceptors (Lipinski definition) is 8. The van der Waals surface area contributed by atoms with Crippen LogP contribution in [0.5, 0.6) is 5.75 Å². The minimum atomic E-state index is -2.26. The van der Waals surface area contributed by atoms with Crippen LogP contribution in [-0.2, 0) is 21.0 Å². The summed E-state index contributed by atoms with van der Waals surface area (Å²) < 4.78 is 28.4. The molecule has 9 heteroatoms. The highest BCUT2D eigenvalue weighted by Gasteiger charge is 2.18. The molecule has 0 unspecified atom stereocenters. The summed E-state index contributed by atoms with van der Waals surface area (Å²) in [6.45, 7) is 4.17. The predicted octanol–water partition coefficient (Wildman–Crippen LogP) is 4.32. The van der Waals surface area contributed by atoms with E-state index < -0.39 is 9.73 Å². The first-order valence-corrected chi connectivity index (χ1v) is 13.4. The van der Waals surface area contributed by atoms with Crippen LogP contribution in [0.1, 0.15) is 24.0 Å². The number of benzene rings is 2. The Hall–Kier alpha value is -2.75. The Morgan fingerprint density at radius 3 is 2.70 bits per heavy atom. The lowest BCUT2D eigenvalue weighted by Gasteiger charge is -2.25. The Kier molecular flexibility index (Phi) is 7.11. The zero-order chi connectivity index (χ0) is 23.4. The maximum atomic E-state index is 12.1. The predicted molar refractivity (Wildman–Crippen MR) is 133 cm³/mol. The van der Waals surface area contributed by atoms with Gasteiger partial charge in [-0.15, -0.1) is 0 Å². The largest absolute Gasteiger partial charge is 0.488 e. The molecule has 2 aromatic carbocycles. The lowest BCUT2D eigenvalue weighted by molar-refractivity contribution is 0.0258. The zero-order valence-electron chi connectivity index (χ0n) is 19.6. The van der Waals surface area contributed by atoms with Crippen LogP contribution < -0.4 is 15.4 Å². The summed E-state index contributed by atoms with van der Waals surface area (Å²) in [5.41, 5.74) is 4.34. The molecular formula is C24H31N5O3S. The van der Waals surface area contributed by atoms with E-state index >= 15 is 0 Å². The lowest BCUT2D eigenvalue weighted by atomic mass is 10.1. The molecule has 1 saturated heterocycles. The number of aryl methyl sites for hydroxylation is 1. The average Bonchev–Trinajstić information content (AvgIpc) is 2.75. The molecule has 0 aliphatic carbocycles. The van der Waals surface area contributed by atoms with Crippen LogP contribution in [0.2, 0.25) is 0 Å². The molecule has 33 heavy (non-hydrogen) atoms. The first-order valence-electron chi connectivity index (χ1n) is 11.0. The van der Waals surface area contributed by atoms with Crippen molar-refractivity contribution in [1.29, 1.82) is 0 Å². The van der Waals surface area contributed by atoms with Gasteiger partial charge in [0.2, 0.25) is 0 Å². The van der Waals surface area contributed by atoms with Crippen molar-refractivity contribution in [2.75, 3.05) is 38.1 Å². The van der Waals surface area contributed by atoms with Crippen LogP contribution in [0.4, 0.5) is 17.2 Å². The number of nitrogens with one attached hydrogen (secondary N) is 2. The Labute approximate surface area is 195 Å². The monoisotopic (exact) mass is 469 g/mol. The van der Waals surface area contributed by atoms with Crippen molar-refractivity contribution >= 4 is 37.8 Å². The van der Waals surface area contributed by atoms with Gasteiger partial charge in [-0.2, -0.15) is 4.36 Å². The van der Waals surface area contributed by atoms with Crippen LogP contribution in [0.25, 0.3) is 10.9 Å². The first kappa shape index (κ1) is 23.4. The topological polar surface area (TPSA) is 97.7 Å². The Balaban J connectivity index is 1.72. The molecule has 8 nitrogen and oxygen atoms in total. The van der Waals surface area contributed by atoms with Crippen molar-refractivity contribution in [3.05, 3.63) is 47.8 Å². The second kappa shape index (κ2) is 10.0. The molecule has 176 valence electrons. The van der Waals surface area contributed by atoms with Gasteiger partial charge in [-0.05, 0) is 49.4 Å². The summed E-state index contributed by atoms with van der Waals surface area (Å²) in [7, 11) is -0.337. The molecule has 0 spiro atoms. The molecule has 2 N–H and O–H groups in total. The maximum Gasteiger partial charge on any atom is 0.143 e. The highest BCUT2D eigenvalue weighted by molar-refractivity contribution is 7.92. The van der Waals surface area contributed by atoms with Crippen molar-refractivity contribution in [2.45, 2.75) is 32.4 Å². The highest BCUT2D eigenvalue weighted by atomic mass is 32.2. The van der Waals surface area contributed by atoms with Crippen LogP contribution in [0.15, 0.2) is 41.0 Å². The molecule has 2 heterocycles. The summed E-state index contributed by atoms with van der Waals surface area (Å²) in [6.07, 6.45) is 6.63. The normalized spacial score (nSPS) is 14.9. The zero-order valence-corrected chi connectivity index (χ0v) is 20.4. The molecule has 1 fully saturated rings. The van der Waals surface area contributed by atoms with Gasteiger partial charge in [0.1, 0.15) is 24.0 Å². The molecule has 1 aliphatic rings. The van der Waals surface area contributed by atoms with E-state index in [-0.39, 0.29) is 6.10 Å². The second-order valence-corrected chi connectivity index (χ2v) is 11.1. The van der Waals surface area contributed by atoms with Crippen LogP contribution in [0, 0.1) is 6.92 Å². The molecule has 0 amide bonds. The van der Waals surface area contributed by atoms with E-state index in [1.165, 1.54) is 6.33 Å². The molecule has 1 aliphatic heterocycles. The number of rotatable bonds is 7. The highest BCUT2D eigenvalue weighted by Crippen LogP contribution is 2.35. The van der Waals surface area contributed by atoms with Gasteiger partial charge in [0, 0.05) is 47.0 Å². The standard InChI is InChI=1S/C24H31N5O3S/c1-16-11-18(29-33(3,4)30)13-21-23(16)24(27-15-26-21)28-20-6-5-17(14-25-2)12-22(20)32-19-7-9-31-10-8-19/h5-6,11-13,15,19,25H,7-10,14H2,1-4H3,(H,26,27,28). The van der Waals surface area contributed by atoms with Crippen LogP contribution in [-0.4, -0.2) is 53.1 Å². The molecule has 0 atom stereocenters. The van der Waals surface area contributed by atoms with Gasteiger partial charge in [-0.25, -0.2) is 14.2 Å². The fourth-order valence-electron chi connectivity index (χ4n) is 3.96. The van der Waals surface area contributed by atoms with Gasteiger partial charge < -0.3 is 20.1 Å². The number of aromatic nitrogens is 2. The summed E-state index contributed by atoms with van der Waals surface area (Å²) in [5, 5.41) is 7.55. The molecule has 3 aromatic rings. The van der Waals surface area contributed by atoms with Crippen molar-refractivity contribution in [3.8, 4) is 5.75 Å². The van der Waals surface area contributed by atoms with Crippen molar-refractivity contribution in [3.63, 3.8) is 0 Å². The quantitative estimate of drug-likeness (QED) is 0.532. The number of hydrogen-bond donors (Lipinski definition) is 2. The fourth-order valence-corrected chi connectivity index (χ4v) is 4.57. The summed E-state index contributed by atoms with van der Waals surface area (Å²) in [5.74, 6) is 1.48. The van der Waals surface area contributed by atoms with E-state index in [2.05, 4.69) is 37.1 Å². The fraction of sp³-hybridized carbons (Fsp3) is 0.417. The van der Waals surface area contributed by atoms with Gasteiger partial charge in [-0.3, -0.25) is 0 Å². The molecule has 1 aromatic heterocycles. The van der Waals surface area contributed by atoms with Crippen LogP contribution >= 0.6 is 0 Å². The SMILES string of the molecule is CNCc1ccc(Nc2ncnc3cc(N=S(C)(C)=O)cc(C)c23)c(OC2CCOCC2)c1. The Morgan fingerprint density at radius 2 is 1.97 bits per heavy atom. The molecule has 0 saturated carbocycles. The average molecular weight is 470 g/mol. The van der Waals surface area contributed by atoms with E-state index in [4.69, 9.17) is 9.47 Å². The van der Waals surface area contributed by atoms with E-state index in [0.717, 1.165) is 52.9 Å². The van der Waals surface area contributed by atoms with Gasteiger partial charge >= 0.3 is 0 Å². The van der Waals surface area contributed by atoms with Gasteiger partial charge in [-0.1, -0.05) is 6.07 Å². The van der Waals surface area contributed by atoms with E-state index in [0.29, 0.717) is 24.7 Å². The molecule has 0 bridgehead atoms. The number of anilines is 2. The van der Waals surface area contributed by atoms with Gasteiger partial charge in [0.25, 0.3) is 0 Å². The molecule has 4 rings (SSSR count). The van der Waals surface area contributed by atoms with Crippen molar-refractivity contribution in [1.82, 2.24) is 15.3 Å². The third kappa shape index (κ3) is 5.98. The minimum Gasteiger partial charge on any atom is -0.488 e. The smallest absolute Gasteiger partial charge is 0.143 e. The van der Waals surface area contributed by atoms with E-state index in [9.17, 15) is 4.21 Å². The van der Waals surface area contributed by atoms with Gasteiger partial charge in [0.05, 0.1) is 30.1 Å². The molecule has 0 radical (unpaired) electrons. The second-order valence-electron chi connectivity index (χ2n) is 8.57. The summed E-state index contributed by atoms with van der Waals surface area (Å²) in [4.78, 5) is 8.95. The maximum absolute atomic E-state index is 12.1. The molecular weight excluding hydrogens is 438 g/mol. The van der Waals surface area contributed by atoms with E-state index in [1.54, 1.807) is 12.5 Å². The first-order chi connectivity index (χ1) is 15.8. The number of nitrogens with zero attached hydrogens (tertiary/aromatic N) is 3. The number of ether oxygens (including phenoxy) is 2. The minimum absolute atomic E-state index is 0.120. The summed E-state index contributed by atoms with van der Waals surface area (Å²) >= 11 is 0. The van der Waals surface area contributed by atoms with Crippen molar-refractivity contribution in [2.24, 2.45) is 4.36 Å². The third-order valence-electron chi connectivity index (χ3n) is 5.39. The number of fused-ring (bicyclic) bond motifs is 1. The lowest BCUT2D eigenvalue weighted by Crippen LogP contribution is -2.26. The Morgan fingerprint density at radius 1 is 1.18 bits per heavy atom. The Bertz CT molecular complexity index is 1260. The van der Waals surface area contributed by atoms with Crippen molar-refractivity contribution < 1.29 is 13.7 Å². The van der Waals surface area contributed by atoms with E-state index in [1.807, 2.05) is 32.2 Å². The summed E-state index contributed by atoms with van der Waals surface area (Å²) in [6, 6.07) is 9.93. The third-order valence-corrected chi connectivity index (χ3v) is 6.04.